The number of aliphatic imine (C=N–C) groups is 1. The van der Waals surface area contributed by atoms with Gasteiger partial charge in [-0.2, -0.15) is 0 Å². The molecule has 3 heteroatoms. The third-order valence-electron chi connectivity index (χ3n) is 1.61. The predicted octanol–water partition coefficient (Wildman–Crippen LogP) is 1.54. The van der Waals surface area contributed by atoms with Gasteiger partial charge in [-0.05, 0) is 6.92 Å². The Morgan fingerprint density at radius 3 is 3.18 bits per heavy atom. The Labute approximate surface area is 69.1 Å². The maximum atomic E-state index is 11.2. The van der Waals surface area contributed by atoms with Gasteiger partial charge in [-0.1, -0.05) is 17.8 Å². The molecule has 0 aromatic heterocycles. The highest BCUT2D eigenvalue weighted by Crippen LogP contribution is 2.30. The Bertz CT molecular complexity index is 301. The highest BCUT2D eigenvalue weighted by molar-refractivity contribution is 8.15. The highest BCUT2D eigenvalue weighted by Gasteiger charge is 2.25. The van der Waals surface area contributed by atoms with Crippen LogP contribution in [0.5, 0.6) is 0 Å². The summed E-state index contributed by atoms with van der Waals surface area (Å²) in [5.41, 5.74) is 0.782. The van der Waals surface area contributed by atoms with Crippen LogP contribution in [0.4, 0.5) is 0 Å². The van der Waals surface area contributed by atoms with E-state index in [1.54, 1.807) is 18.0 Å². The Balaban J connectivity index is 2.44. The van der Waals surface area contributed by atoms with E-state index in [0.717, 1.165) is 10.6 Å². The van der Waals surface area contributed by atoms with Crippen molar-refractivity contribution in [2.24, 2.45) is 4.99 Å². The van der Waals surface area contributed by atoms with Crippen LogP contribution in [0.3, 0.4) is 0 Å². The van der Waals surface area contributed by atoms with Gasteiger partial charge in [0, 0.05) is 17.5 Å². The van der Waals surface area contributed by atoms with E-state index in [1.165, 1.54) is 6.08 Å². The van der Waals surface area contributed by atoms with Gasteiger partial charge in [0.25, 0.3) is 0 Å². The predicted molar refractivity (Wildman–Crippen MR) is 46.7 cm³/mol. The van der Waals surface area contributed by atoms with Crippen molar-refractivity contribution in [2.45, 2.75) is 12.2 Å². The number of allylic oxidation sites excluding steroid dienone is 1. The lowest BCUT2D eigenvalue weighted by atomic mass is 10.1. The summed E-state index contributed by atoms with van der Waals surface area (Å²) < 4.78 is 0. The third kappa shape index (κ3) is 1.05. The standard InChI is InChI=1S/C8H7NOS/c1-5-4-6-7(10)2-3-9-8(6)11-5/h2-5H,1H3. The van der Waals surface area contributed by atoms with E-state index in [0.29, 0.717) is 5.25 Å². The summed E-state index contributed by atoms with van der Waals surface area (Å²) in [5.74, 6) is 0.0897. The second-order valence-corrected chi connectivity index (χ2v) is 3.88. The minimum Gasteiger partial charge on any atom is -0.289 e. The van der Waals surface area contributed by atoms with Crippen LogP contribution in [0.25, 0.3) is 0 Å². The van der Waals surface area contributed by atoms with E-state index < -0.39 is 0 Å². The van der Waals surface area contributed by atoms with Crippen LogP contribution in [0.2, 0.25) is 0 Å². The van der Waals surface area contributed by atoms with Crippen molar-refractivity contribution in [3.8, 4) is 0 Å². The number of ketones is 1. The van der Waals surface area contributed by atoms with Crippen molar-refractivity contribution in [2.75, 3.05) is 0 Å². The van der Waals surface area contributed by atoms with Gasteiger partial charge in [-0.3, -0.25) is 4.79 Å². The third-order valence-corrected chi connectivity index (χ3v) is 2.67. The van der Waals surface area contributed by atoms with Gasteiger partial charge in [-0.15, -0.1) is 0 Å². The molecule has 0 radical (unpaired) electrons. The van der Waals surface area contributed by atoms with E-state index in [9.17, 15) is 4.79 Å². The zero-order valence-corrected chi connectivity index (χ0v) is 6.89. The molecule has 0 N–H and O–H groups in total. The molecule has 2 heterocycles. The first-order valence-corrected chi connectivity index (χ1v) is 4.33. The maximum Gasteiger partial charge on any atom is 0.189 e. The van der Waals surface area contributed by atoms with Crippen LogP contribution in [0.15, 0.2) is 28.9 Å². The smallest absolute Gasteiger partial charge is 0.189 e. The molecule has 11 heavy (non-hydrogen) atoms. The first kappa shape index (κ1) is 6.85. The van der Waals surface area contributed by atoms with E-state index >= 15 is 0 Å². The molecule has 0 bridgehead atoms. The number of nitrogens with zero attached hydrogens (tertiary/aromatic N) is 1. The summed E-state index contributed by atoms with van der Waals surface area (Å²) in [6, 6.07) is 0. The van der Waals surface area contributed by atoms with Crippen molar-refractivity contribution in [1.82, 2.24) is 0 Å². The molecule has 0 saturated carbocycles. The van der Waals surface area contributed by atoms with Gasteiger partial charge in [0.05, 0.1) is 5.57 Å². The lowest BCUT2D eigenvalue weighted by Crippen LogP contribution is -2.06. The molecule has 0 fully saturated rings. The second-order valence-electron chi connectivity index (χ2n) is 2.52. The van der Waals surface area contributed by atoms with E-state index in [4.69, 9.17) is 0 Å². The van der Waals surface area contributed by atoms with Crippen molar-refractivity contribution in [3.05, 3.63) is 23.9 Å². The van der Waals surface area contributed by atoms with Crippen LogP contribution in [-0.4, -0.2) is 16.1 Å². The molecule has 1 unspecified atom stereocenters. The molecule has 0 saturated heterocycles. The number of hydrogen-bond donors (Lipinski definition) is 0. The van der Waals surface area contributed by atoms with Crippen LogP contribution >= 0.6 is 11.8 Å². The quantitative estimate of drug-likeness (QED) is 0.545. The zero-order valence-electron chi connectivity index (χ0n) is 6.07. The minimum absolute atomic E-state index is 0.0897. The molecule has 2 nitrogen and oxygen atoms in total. The van der Waals surface area contributed by atoms with Crippen molar-refractivity contribution in [3.63, 3.8) is 0 Å². The summed E-state index contributed by atoms with van der Waals surface area (Å²) in [7, 11) is 0. The van der Waals surface area contributed by atoms with Crippen LogP contribution in [-0.2, 0) is 4.79 Å². The molecule has 1 atom stereocenters. The van der Waals surface area contributed by atoms with Gasteiger partial charge >= 0.3 is 0 Å². The molecule has 0 aromatic carbocycles. The lowest BCUT2D eigenvalue weighted by molar-refractivity contribution is -0.110. The monoisotopic (exact) mass is 165 g/mol. The van der Waals surface area contributed by atoms with E-state index in [-0.39, 0.29) is 5.78 Å². The van der Waals surface area contributed by atoms with Gasteiger partial charge in [0.1, 0.15) is 5.04 Å². The Morgan fingerprint density at radius 2 is 2.45 bits per heavy atom. The highest BCUT2D eigenvalue weighted by atomic mass is 32.2. The normalized spacial score (nSPS) is 28.1. The fourth-order valence-corrected chi connectivity index (χ4v) is 2.10. The number of carbonyl (C=O) groups excluding carboxylic acids is 1. The van der Waals surface area contributed by atoms with Crippen molar-refractivity contribution in [1.29, 1.82) is 0 Å². The van der Waals surface area contributed by atoms with Crippen molar-refractivity contribution >= 4 is 22.6 Å². The van der Waals surface area contributed by atoms with E-state index in [1.807, 2.05) is 6.08 Å². The molecule has 2 aliphatic heterocycles. The number of rotatable bonds is 0. The molecule has 2 aliphatic rings. The Hall–Kier alpha value is -0.830. The largest absolute Gasteiger partial charge is 0.289 e. The average molecular weight is 165 g/mol. The zero-order chi connectivity index (χ0) is 7.84. The first-order chi connectivity index (χ1) is 5.27. The summed E-state index contributed by atoms with van der Waals surface area (Å²) in [5, 5.41) is 1.28. The number of carbonyl (C=O) groups is 1. The van der Waals surface area contributed by atoms with Gasteiger partial charge in [0.15, 0.2) is 5.78 Å². The van der Waals surface area contributed by atoms with Crippen LogP contribution in [0.1, 0.15) is 6.92 Å². The van der Waals surface area contributed by atoms with Gasteiger partial charge < -0.3 is 0 Å². The summed E-state index contributed by atoms with van der Waals surface area (Å²) in [4.78, 5) is 15.3. The lowest BCUT2D eigenvalue weighted by Gasteiger charge is -2.01. The van der Waals surface area contributed by atoms with Crippen molar-refractivity contribution < 1.29 is 4.79 Å². The molecular weight excluding hydrogens is 158 g/mol. The molecular formula is C8H7NOS. The molecule has 0 aromatic rings. The Kier molecular flexibility index (Phi) is 1.46. The van der Waals surface area contributed by atoms with Gasteiger partial charge in [-0.25, -0.2) is 4.99 Å². The number of hydrogen-bond acceptors (Lipinski definition) is 3. The summed E-state index contributed by atoms with van der Waals surface area (Å²) in [6.07, 6.45) is 5.04. The van der Waals surface area contributed by atoms with Crippen LogP contribution in [0, 0.1) is 0 Å². The first-order valence-electron chi connectivity index (χ1n) is 3.45. The van der Waals surface area contributed by atoms with Crippen LogP contribution < -0.4 is 0 Å². The Morgan fingerprint density at radius 1 is 1.64 bits per heavy atom. The SMILES string of the molecule is CC1C=C2C(=O)C=CN=C2S1. The maximum absolute atomic E-state index is 11.2. The molecule has 0 aliphatic carbocycles. The number of thioether (sulfide) groups is 1. The number of fused-ring (bicyclic) bond motifs is 1. The second kappa shape index (κ2) is 2.34. The summed E-state index contributed by atoms with van der Waals surface area (Å²) in [6.45, 7) is 2.06. The van der Waals surface area contributed by atoms with E-state index in [2.05, 4.69) is 11.9 Å². The summed E-state index contributed by atoms with van der Waals surface area (Å²) >= 11 is 1.64. The molecule has 2 rings (SSSR count). The average Bonchev–Trinajstić information content (AvgIpc) is 2.31. The minimum atomic E-state index is 0.0897. The fourth-order valence-electron chi connectivity index (χ4n) is 1.13. The topological polar surface area (TPSA) is 29.4 Å². The van der Waals surface area contributed by atoms with Gasteiger partial charge in [0.2, 0.25) is 0 Å². The fraction of sp³-hybridized carbons (Fsp3) is 0.250. The molecule has 56 valence electrons. The molecule has 0 spiro atoms. The molecule has 0 amide bonds.